The van der Waals surface area contributed by atoms with Gasteiger partial charge in [0, 0.05) is 5.92 Å². The summed E-state index contributed by atoms with van der Waals surface area (Å²) in [6.45, 7) is 9.10. The van der Waals surface area contributed by atoms with Crippen LogP contribution in [0.1, 0.15) is 27.7 Å². The van der Waals surface area contributed by atoms with Crippen LogP contribution in [-0.4, -0.2) is 40.4 Å². The second-order valence-corrected chi connectivity index (χ2v) is 5.43. The molecule has 1 aliphatic rings. The van der Waals surface area contributed by atoms with Gasteiger partial charge in [0.15, 0.2) is 0 Å². The predicted molar refractivity (Wildman–Crippen MR) is 54.9 cm³/mol. The number of rotatable bonds is 0. The first-order valence-corrected chi connectivity index (χ1v) is 5.07. The van der Waals surface area contributed by atoms with Crippen molar-refractivity contribution < 1.29 is 14.4 Å². The molecule has 0 aromatic heterocycles. The van der Waals surface area contributed by atoms with Crippen LogP contribution in [0.25, 0.3) is 0 Å². The Morgan fingerprint density at radius 2 is 1.93 bits per heavy atom. The molecule has 0 spiro atoms. The Labute approximate surface area is 85.3 Å². The summed E-state index contributed by atoms with van der Waals surface area (Å²) in [5.41, 5.74) is 5.63. The maximum atomic E-state index is 11.4. The summed E-state index contributed by atoms with van der Waals surface area (Å²) in [6, 6.07) is 0.00493. The van der Waals surface area contributed by atoms with Gasteiger partial charge in [-0.25, -0.2) is 4.48 Å². The van der Waals surface area contributed by atoms with Crippen LogP contribution in [-0.2, 0) is 0 Å². The Morgan fingerprint density at radius 1 is 1.43 bits per heavy atom. The largest absolute Gasteiger partial charge is 0.514 e. The van der Waals surface area contributed by atoms with Crippen molar-refractivity contribution in [3.63, 3.8) is 0 Å². The molecule has 0 aliphatic carbocycles. The number of quaternary nitrogens is 1. The molecular weight excluding hydrogens is 180 g/mol. The van der Waals surface area contributed by atoms with E-state index in [0.29, 0.717) is 13.1 Å². The summed E-state index contributed by atoms with van der Waals surface area (Å²) in [5, 5.41) is 9.35. The van der Waals surface area contributed by atoms with E-state index >= 15 is 0 Å². The molecule has 3 atom stereocenters. The van der Waals surface area contributed by atoms with Gasteiger partial charge < -0.3 is 10.8 Å². The van der Waals surface area contributed by atoms with E-state index in [1.165, 1.54) is 0 Å². The Kier molecular flexibility index (Phi) is 2.63. The highest BCUT2D eigenvalue weighted by molar-refractivity contribution is 5.57. The average molecular weight is 201 g/mol. The zero-order valence-corrected chi connectivity index (χ0v) is 9.45. The van der Waals surface area contributed by atoms with E-state index in [0.717, 1.165) is 0 Å². The molecule has 3 N–H and O–H groups in total. The Balaban J connectivity index is 3.04. The lowest BCUT2D eigenvalue weighted by Gasteiger charge is -2.40. The molecule has 0 bridgehead atoms. The summed E-state index contributed by atoms with van der Waals surface area (Å²) in [4.78, 5) is 11.4. The summed E-state index contributed by atoms with van der Waals surface area (Å²) >= 11 is 0. The first-order chi connectivity index (χ1) is 6.21. The van der Waals surface area contributed by atoms with E-state index in [9.17, 15) is 9.90 Å². The summed E-state index contributed by atoms with van der Waals surface area (Å²) in [6.07, 6.45) is -0.753. The first kappa shape index (κ1) is 11.5. The molecule has 4 heteroatoms. The Hall–Kier alpha value is -0.610. The van der Waals surface area contributed by atoms with Crippen molar-refractivity contribution in [2.24, 2.45) is 11.7 Å². The molecule has 0 aromatic rings. The minimum absolute atomic E-state index is 0.00493. The van der Waals surface area contributed by atoms with Gasteiger partial charge in [-0.3, -0.25) is 0 Å². The van der Waals surface area contributed by atoms with Gasteiger partial charge in [-0.15, -0.1) is 0 Å². The van der Waals surface area contributed by atoms with Crippen LogP contribution in [0.15, 0.2) is 0 Å². The fourth-order valence-electron chi connectivity index (χ4n) is 2.23. The molecule has 4 nitrogen and oxygen atoms in total. The second kappa shape index (κ2) is 3.21. The van der Waals surface area contributed by atoms with E-state index in [-0.39, 0.29) is 22.0 Å². The normalized spacial score (nSPS) is 38.6. The van der Waals surface area contributed by atoms with E-state index in [1.54, 1.807) is 0 Å². The lowest BCUT2D eigenvalue weighted by molar-refractivity contribution is -0.893. The van der Waals surface area contributed by atoms with Crippen LogP contribution < -0.4 is 5.73 Å². The molecule has 1 saturated heterocycles. The number of carbonyl (C=O) groups is 1. The lowest BCUT2D eigenvalue weighted by Crippen LogP contribution is -2.62. The zero-order valence-electron chi connectivity index (χ0n) is 9.45. The SMILES string of the molecule is CC1C[N@+](C(=O)O)(C(C)(C)C)C[C@@H]1N. The third kappa shape index (κ3) is 1.53. The molecule has 1 unspecified atom stereocenters. The van der Waals surface area contributed by atoms with Crippen LogP contribution >= 0.6 is 0 Å². The Morgan fingerprint density at radius 3 is 2.07 bits per heavy atom. The van der Waals surface area contributed by atoms with Gasteiger partial charge in [-0.05, 0) is 20.8 Å². The molecule has 1 heterocycles. The average Bonchev–Trinajstić information content (AvgIpc) is 2.28. The Bertz CT molecular complexity index is 235. The number of nitrogens with two attached hydrogens (primary N) is 1. The van der Waals surface area contributed by atoms with Crippen LogP contribution in [0.4, 0.5) is 4.79 Å². The van der Waals surface area contributed by atoms with Crippen molar-refractivity contribution in [1.82, 2.24) is 0 Å². The quantitative estimate of drug-likeness (QED) is 0.580. The van der Waals surface area contributed by atoms with Crippen LogP contribution in [0.5, 0.6) is 0 Å². The summed E-state index contributed by atoms with van der Waals surface area (Å²) in [7, 11) is 0. The van der Waals surface area contributed by atoms with Crippen molar-refractivity contribution >= 4 is 6.09 Å². The third-order valence-corrected chi connectivity index (χ3v) is 3.50. The number of hydrogen-bond acceptors (Lipinski definition) is 2. The summed E-state index contributed by atoms with van der Waals surface area (Å²) in [5.74, 6) is 0.283. The predicted octanol–water partition coefficient (Wildman–Crippen LogP) is 1.26. The van der Waals surface area contributed by atoms with Gasteiger partial charge in [-0.2, -0.15) is 4.79 Å². The summed E-state index contributed by atoms with van der Waals surface area (Å²) < 4.78 is 0.0926. The fraction of sp³-hybridized carbons (Fsp3) is 0.900. The molecule has 1 aliphatic heterocycles. The highest BCUT2D eigenvalue weighted by Gasteiger charge is 2.54. The van der Waals surface area contributed by atoms with E-state index in [1.807, 2.05) is 27.7 Å². The first-order valence-electron chi connectivity index (χ1n) is 5.07. The van der Waals surface area contributed by atoms with E-state index in [2.05, 4.69) is 0 Å². The molecule has 1 amide bonds. The highest BCUT2D eigenvalue weighted by atomic mass is 16.4. The molecular formula is C10H21N2O2+. The van der Waals surface area contributed by atoms with Crippen LogP contribution in [0.3, 0.4) is 0 Å². The molecule has 1 fully saturated rings. The second-order valence-electron chi connectivity index (χ2n) is 5.43. The fourth-order valence-corrected chi connectivity index (χ4v) is 2.23. The van der Waals surface area contributed by atoms with Gasteiger partial charge in [0.1, 0.15) is 12.1 Å². The van der Waals surface area contributed by atoms with E-state index in [4.69, 9.17) is 5.73 Å². The number of amides is 1. The zero-order chi connectivity index (χ0) is 11.1. The number of hydrogen-bond donors (Lipinski definition) is 2. The maximum absolute atomic E-state index is 11.4. The lowest BCUT2D eigenvalue weighted by atomic mass is 10.0. The minimum atomic E-state index is -0.753. The van der Waals surface area contributed by atoms with Gasteiger partial charge >= 0.3 is 6.09 Å². The molecule has 0 aromatic carbocycles. The van der Waals surface area contributed by atoms with Gasteiger partial charge in [0.2, 0.25) is 0 Å². The molecule has 82 valence electrons. The van der Waals surface area contributed by atoms with Crippen molar-refractivity contribution in [3.05, 3.63) is 0 Å². The topological polar surface area (TPSA) is 63.3 Å². The minimum Gasteiger partial charge on any atom is -0.435 e. The third-order valence-electron chi connectivity index (χ3n) is 3.50. The number of likely N-dealkylation sites (tertiary alicyclic amines) is 1. The standard InChI is InChI=1S/C10H20N2O2/c1-7-5-12(9(13)14,6-8(7)11)10(2,3)4/h7-8H,5-6,11H2,1-4H3/p+1/t7?,8-,12-/m0/s1. The van der Waals surface area contributed by atoms with Gasteiger partial charge in [0.25, 0.3) is 0 Å². The van der Waals surface area contributed by atoms with Crippen LogP contribution in [0.2, 0.25) is 0 Å². The monoisotopic (exact) mass is 201 g/mol. The van der Waals surface area contributed by atoms with E-state index < -0.39 is 6.09 Å². The highest BCUT2D eigenvalue weighted by Crippen LogP contribution is 2.33. The van der Waals surface area contributed by atoms with Crippen molar-refractivity contribution in [2.75, 3.05) is 13.1 Å². The van der Waals surface area contributed by atoms with Crippen LogP contribution in [0, 0.1) is 5.92 Å². The molecule has 14 heavy (non-hydrogen) atoms. The van der Waals surface area contributed by atoms with Gasteiger partial charge in [0.05, 0.1) is 12.6 Å². The molecule has 0 saturated carbocycles. The smallest absolute Gasteiger partial charge is 0.435 e. The molecule has 1 rings (SSSR count). The van der Waals surface area contributed by atoms with Crippen molar-refractivity contribution in [3.8, 4) is 0 Å². The maximum Gasteiger partial charge on any atom is 0.514 e. The molecule has 0 radical (unpaired) electrons. The number of carboxylic acid groups (broad SMARTS) is 1. The van der Waals surface area contributed by atoms with Crippen molar-refractivity contribution in [1.29, 1.82) is 0 Å². The van der Waals surface area contributed by atoms with Crippen molar-refractivity contribution in [2.45, 2.75) is 39.3 Å². The van der Waals surface area contributed by atoms with Gasteiger partial charge in [-0.1, -0.05) is 6.92 Å². The number of nitrogens with zero attached hydrogens (tertiary/aromatic N) is 1.